The van der Waals surface area contributed by atoms with Gasteiger partial charge in [-0.05, 0) is 49.9 Å². The Morgan fingerprint density at radius 1 is 1.32 bits per heavy atom. The molecule has 1 amide bonds. The van der Waals surface area contributed by atoms with Crippen LogP contribution in [0.4, 0.5) is 0 Å². The van der Waals surface area contributed by atoms with E-state index in [4.69, 9.17) is 4.74 Å². The fourth-order valence-corrected chi connectivity index (χ4v) is 4.13. The Morgan fingerprint density at radius 3 is 2.72 bits per heavy atom. The van der Waals surface area contributed by atoms with Crippen LogP contribution < -0.4 is 0 Å². The summed E-state index contributed by atoms with van der Waals surface area (Å²) in [6.07, 6.45) is 1.67. The molecule has 0 spiro atoms. The molecule has 2 rings (SSSR count). The number of piperidine rings is 1. The second-order valence-corrected chi connectivity index (χ2v) is 7.95. The van der Waals surface area contributed by atoms with Gasteiger partial charge in [-0.25, -0.2) is 0 Å². The maximum atomic E-state index is 12.5. The molecule has 1 aromatic rings. The largest absolute Gasteiger partial charge is 0.481 e. The molecule has 1 unspecified atom stereocenters. The van der Waals surface area contributed by atoms with Crippen LogP contribution in [0.25, 0.3) is 0 Å². The van der Waals surface area contributed by atoms with Crippen LogP contribution in [0.1, 0.15) is 30.4 Å². The summed E-state index contributed by atoms with van der Waals surface area (Å²) in [6, 6.07) is 6.31. The molecule has 0 saturated carbocycles. The third-order valence-electron chi connectivity index (χ3n) is 4.87. The number of methoxy groups -OCH3 is 1. The quantitative estimate of drug-likeness (QED) is 0.752. The number of carbonyl (C=O) groups excluding carboxylic acids is 1. The molecule has 1 heterocycles. The molecule has 1 N–H and O–H groups in total. The van der Waals surface area contributed by atoms with Crippen LogP contribution >= 0.6 is 11.8 Å². The number of aryl methyl sites for hydroxylation is 2. The third-order valence-corrected chi connectivity index (χ3v) is 5.86. The number of likely N-dealkylation sites (tertiary alicyclic amines) is 1. The predicted octanol–water partition coefficient (Wildman–Crippen LogP) is 3.13. The zero-order valence-corrected chi connectivity index (χ0v) is 16.0. The van der Waals surface area contributed by atoms with Crippen molar-refractivity contribution in [1.82, 2.24) is 4.90 Å². The van der Waals surface area contributed by atoms with Crippen LogP contribution in [-0.2, 0) is 14.3 Å². The minimum atomic E-state index is -0.968. The van der Waals surface area contributed by atoms with Gasteiger partial charge in [-0.15, -0.1) is 11.8 Å². The van der Waals surface area contributed by atoms with Crippen molar-refractivity contribution in [3.8, 4) is 0 Å². The highest BCUT2D eigenvalue weighted by Crippen LogP contribution is 2.31. The van der Waals surface area contributed by atoms with Gasteiger partial charge >= 0.3 is 5.97 Å². The molecule has 25 heavy (non-hydrogen) atoms. The van der Waals surface area contributed by atoms with Gasteiger partial charge in [-0.2, -0.15) is 0 Å². The minimum absolute atomic E-state index is 0.0257. The topological polar surface area (TPSA) is 66.8 Å². The number of carboxylic acid groups (broad SMARTS) is 1. The van der Waals surface area contributed by atoms with Crippen LogP contribution in [0.15, 0.2) is 23.1 Å². The Balaban J connectivity index is 1.89. The van der Waals surface area contributed by atoms with Crippen molar-refractivity contribution < 1.29 is 19.4 Å². The summed E-state index contributed by atoms with van der Waals surface area (Å²) < 4.78 is 5.11. The first kappa shape index (κ1) is 19.8. The first-order valence-corrected chi connectivity index (χ1v) is 9.57. The number of ether oxygens (including phenoxy) is 1. The van der Waals surface area contributed by atoms with Crippen molar-refractivity contribution in [1.29, 1.82) is 0 Å². The van der Waals surface area contributed by atoms with Crippen molar-refractivity contribution in [3.05, 3.63) is 29.3 Å². The molecular formula is C19H27NO4S. The van der Waals surface area contributed by atoms with Gasteiger partial charge in [0.1, 0.15) is 5.41 Å². The zero-order chi connectivity index (χ0) is 18.4. The molecule has 1 aromatic carbocycles. The van der Waals surface area contributed by atoms with Crippen LogP contribution in [-0.4, -0.2) is 54.4 Å². The Hall–Kier alpha value is -1.53. The first-order valence-electron chi connectivity index (χ1n) is 8.58. The van der Waals surface area contributed by atoms with E-state index in [1.54, 1.807) is 16.7 Å². The standard InChI is InChI=1S/C19H27NO4S/c1-14-5-6-16(11-15(14)2)25-10-7-17(21)20-9-4-8-19(12-20,13-24-3)18(22)23/h5-6,11H,4,7-10,12-13H2,1-3H3,(H,22,23). The van der Waals surface area contributed by atoms with Gasteiger partial charge in [0.05, 0.1) is 6.61 Å². The molecule has 6 heteroatoms. The van der Waals surface area contributed by atoms with Crippen molar-refractivity contribution >= 4 is 23.6 Å². The lowest BCUT2D eigenvalue weighted by atomic mass is 9.80. The van der Waals surface area contributed by atoms with Crippen molar-refractivity contribution in [2.24, 2.45) is 5.41 Å². The minimum Gasteiger partial charge on any atom is -0.481 e. The highest BCUT2D eigenvalue weighted by atomic mass is 32.2. The molecule has 5 nitrogen and oxygen atoms in total. The lowest BCUT2D eigenvalue weighted by Crippen LogP contribution is -2.52. The van der Waals surface area contributed by atoms with Crippen molar-refractivity contribution in [2.75, 3.05) is 32.6 Å². The Morgan fingerprint density at radius 2 is 2.08 bits per heavy atom. The van der Waals surface area contributed by atoms with E-state index in [1.165, 1.54) is 18.2 Å². The number of thioether (sulfide) groups is 1. The number of rotatable bonds is 7. The number of carboxylic acids is 1. The second-order valence-electron chi connectivity index (χ2n) is 6.78. The van der Waals surface area contributed by atoms with Crippen LogP contribution in [0.5, 0.6) is 0 Å². The highest BCUT2D eigenvalue weighted by Gasteiger charge is 2.43. The van der Waals surface area contributed by atoms with E-state index in [0.29, 0.717) is 31.6 Å². The summed E-state index contributed by atoms with van der Waals surface area (Å²) in [6.45, 7) is 5.18. The number of hydrogen-bond acceptors (Lipinski definition) is 4. The summed E-state index contributed by atoms with van der Waals surface area (Å²) in [5.41, 5.74) is 1.54. The van der Waals surface area contributed by atoms with E-state index in [9.17, 15) is 14.7 Å². The zero-order valence-electron chi connectivity index (χ0n) is 15.2. The highest BCUT2D eigenvalue weighted by molar-refractivity contribution is 7.99. The summed E-state index contributed by atoms with van der Waals surface area (Å²) in [5, 5.41) is 9.57. The molecule has 1 aliphatic rings. The number of aliphatic carboxylic acids is 1. The Bertz CT molecular complexity index is 630. The first-order chi connectivity index (χ1) is 11.9. The molecule has 138 valence electrons. The average Bonchev–Trinajstić information content (AvgIpc) is 2.58. The van der Waals surface area contributed by atoms with E-state index in [-0.39, 0.29) is 19.1 Å². The lowest BCUT2D eigenvalue weighted by molar-refractivity contribution is -0.159. The summed E-state index contributed by atoms with van der Waals surface area (Å²) in [4.78, 5) is 27.0. The number of hydrogen-bond donors (Lipinski definition) is 1. The van der Waals surface area contributed by atoms with E-state index in [2.05, 4.69) is 32.0 Å². The van der Waals surface area contributed by atoms with Gasteiger partial charge in [0.25, 0.3) is 0 Å². The lowest BCUT2D eigenvalue weighted by Gasteiger charge is -2.39. The van der Waals surface area contributed by atoms with Gasteiger partial charge in [0.2, 0.25) is 5.91 Å². The maximum Gasteiger partial charge on any atom is 0.313 e. The molecule has 0 radical (unpaired) electrons. The fourth-order valence-electron chi connectivity index (χ4n) is 3.19. The van der Waals surface area contributed by atoms with E-state index in [0.717, 1.165) is 4.90 Å². The van der Waals surface area contributed by atoms with Gasteiger partial charge < -0.3 is 14.7 Å². The Kier molecular flexibility index (Phi) is 6.90. The molecule has 0 aliphatic carbocycles. The van der Waals surface area contributed by atoms with Crippen LogP contribution in [0.2, 0.25) is 0 Å². The maximum absolute atomic E-state index is 12.5. The molecule has 1 saturated heterocycles. The number of benzene rings is 1. The summed E-state index contributed by atoms with van der Waals surface area (Å²) >= 11 is 1.66. The van der Waals surface area contributed by atoms with Gasteiger partial charge in [0, 0.05) is 37.3 Å². The van der Waals surface area contributed by atoms with Gasteiger partial charge in [-0.1, -0.05) is 6.07 Å². The molecule has 1 atom stereocenters. The number of carbonyl (C=O) groups is 2. The smallest absolute Gasteiger partial charge is 0.313 e. The molecule has 0 aromatic heterocycles. The van der Waals surface area contributed by atoms with E-state index in [1.807, 2.05) is 0 Å². The van der Waals surface area contributed by atoms with Gasteiger partial charge in [0.15, 0.2) is 0 Å². The molecular weight excluding hydrogens is 338 g/mol. The van der Waals surface area contributed by atoms with Crippen LogP contribution in [0, 0.1) is 19.3 Å². The average molecular weight is 365 g/mol. The Labute approximate surface area is 153 Å². The third kappa shape index (κ3) is 4.98. The second kappa shape index (κ2) is 8.72. The molecule has 1 fully saturated rings. The number of nitrogens with zero attached hydrogens (tertiary/aromatic N) is 1. The summed E-state index contributed by atoms with van der Waals surface area (Å²) in [5.74, 6) is -0.156. The SMILES string of the molecule is COCC1(C(=O)O)CCCN(C(=O)CCSc2ccc(C)c(C)c2)C1. The van der Waals surface area contributed by atoms with E-state index >= 15 is 0 Å². The van der Waals surface area contributed by atoms with Gasteiger partial charge in [-0.3, -0.25) is 9.59 Å². The normalized spacial score (nSPS) is 20.5. The monoisotopic (exact) mass is 365 g/mol. The van der Waals surface area contributed by atoms with Crippen molar-refractivity contribution in [3.63, 3.8) is 0 Å². The molecule has 0 bridgehead atoms. The fraction of sp³-hybridized carbons (Fsp3) is 0.579. The number of amides is 1. The van der Waals surface area contributed by atoms with Crippen molar-refractivity contribution in [2.45, 2.75) is 38.0 Å². The van der Waals surface area contributed by atoms with Crippen LogP contribution in [0.3, 0.4) is 0 Å². The summed E-state index contributed by atoms with van der Waals surface area (Å²) in [7, 11) is 1.51. The molecule has 1 aliphatic heterocycles. The van der Waals surface area contributed by atoms with E-state index < -0.39 is 11.4 Å². The predicted molar refractivity (Wildman–Crippen MR) is 99.0 cm³/mol.